The molecule has 1 amide bonds. The Bertz CT molecular complexity index is 908. The molecule has 1 aliphatic rings. The maximum Gasteiger partial charge on any atom is 0.241 e. The van der Waals surface area contributed by atoms with E-state index in [-0.39, 0.29) is 31.8 Å². The summed E-state index contributed by atoms with van der Waals surface area (Å²) in [5.41, 5.74) is 0.801. The van der Waals surface area contributed by atoms with Gasteiger partial charge in [0, 0.05) is 11.8 Å². The fourth-order valence-corrected chi connectivity index (χ4v) is 4.52. The zero-order valence-electron chi connectivity index (χ0n) is 15.7. The Hall–Kier alpha value is -2.17. The van der Waals surface area contributed by atoms with Crippen molar-refractivity contribution in [3.63, 3.8) is 0 Å². The quantitative estimate of drug-likeness (QED) is 0.616. The van der Waals surface area contributed by atoms with Gasteiger partial charge in [-0.25, -0.2) is 13.4 Å². The van der Waals surface area contributed by atoms with Crippen LogP contribution < -0.4 is 15.4 Å². The lowest BCUT2D eigenvalue weighted by molar-refractivity contribution is -0.124. The number of rotatable bonds is 6. The number of nitrogens with zero attached hydrogens (tertiary/aromatic N) is 2. The predicted octanol–water partition coefficient (Wildman–Crippen LogP) is 0.685. The molecule has 2 heterocycles. The second kappa shape index (κ2) is 8.89. The molecule has 154 valence electrons. The third-order valence-electron chi connectivity index (χ3n) is 4.83. The Morgan fingerprint density at radius 3 is 2.46 bits per heavy atom. The van der Waals surface area contributed by atoms with E-state index >= 15 is 0 Å². The van der Waals surface area contributed by atoms with Crippen molar-refractivity contribution >= 4 is 28.2 Å². The molecule has 0 saturated carbocycles. The van der Waals surface area contributed by atoms with Gasteiger partial charge in [0.25, 0.3) is 0 Å². The van der Waals surface area contributed by atoms with Crippen molar-refractivity contribution in [1.82, 2.24) is 25.8 Å². The van der Waals surface area contributed by atoms with E-state index in [4.69, 9.17) is 4.74 Å². The molecule has 0 bridgehead atoms. The van der Waals surface area contributed by atoms with E-state index in [9.17, 15) is 13.2 Å². The maximum absolute atomic E-state index is 12.7. The largest absolute Gasteiger partial charge is 0.497 e. The van der Waals surface area contributed by atoms with Gasteiger partial charge >= 0.3 is 0 Å². The third kappa shape index (κ3) is 4.45. The summed E-state index contributed by atoms with van der Waals surface area (Å²) in [6, 6.07) is 7.27. The summed E-state index contributed by atoms with van der Waals surface area (Å²) < 4.78 is 28.3. The van der Waals surface area contributed by atoms with Crippen molar-refractivity contribution in [2.75, 3.05) is 26.5 Å². The molecule has 1 aliphatic heterocycles. The molecular formula is C17H24ClN5O4S. The highest BCUT2D eigenvalue weighted by Crippen LogP contribution is 2.28. The van der Waals surface area contributed by atoms with E-state index in [1.807, 2.05) is 12.1 Å². The van der Waals surface area contributed by atoms with Crippen molar-refractivity contribution in [3.8, 4) is 17.1 Å². The number of amides is 1. The van der Waals surface area contributed by atoms with Crippen LogP contribution in [0.15, 0.2) is 24.3 Å². The van der Waals surface area contributed by atoms with Crippen LogP contribution >= 0.6 is 12.4 Å². The van der Waals surface area contributed by atoms with Gasteiger partial charge in [-0.1, -0.05) is 0 Å². The highest BCUT2D eigenvalue weighted by Gasteiger charge is 2.48. The van der Waals surface area contributed by atoms with E-state index in [0.29, 0.717) is 24.7 Å². The van der Waals surface area contributed by atoms with Crippen LogP contribution in [0.2, 0.25) is 0 Å². The lowest BCUT2D eigenvalue weighted by Crippen LogP contribution is -2.57. The molecule has 1 saturated heterocycles. The molecule has 1 aromatic heterocycles. The zero-order chi connectivity index (χ0) is 19.5. The Morgan fingerprint density at radius 2 is 1.89 bits per heavy atom. The fourth-order valence-electron chi connectivity index (χ4n) is 3.17. The van der Waals surface area contributed by atoms with Crippen LogP contribution in [-0.2, 0) is 21.2 Å². The summed E-state index contributed by atoms with van der Waals surface area (Å²) >= 11 is 0. The summed E-state index contributed by atoms with van der Waals surface area (Å²) in [6.07, 6.45) is 1.63. The molecule has 11 heteroatoms. The van der Waals surface area contributed by atoms with Gasteiger partial charge in [0.1, 0.15) is 11.6 Å². The molecule has 0 radical (unpaired) electrons. The lowest BCUT2D eigenvalue weighted by Gasteiger charge is -2.34. The summed E-state index contributed by atoms with van der Waals surface area (Å²) in [5, 5.41) is 12.7. The minimum Gasteiger partial charge on any atom is -0.497 e. The minimum absolute atomic E-state index is 0. The number of hydrogen-bond donors (Lipinski definition) is 3. The second-order valence-electron chi connectivity index (χ2n) is 6.53. The number of piperidine rings is 1. The number of hydrogen-bond acceptors (Lipinski definition) is 7. The molecule has 1 fully saturated rings. The molecule has 1 aromatic carbocycles. The van der Waals surface area contributed by atoms with Gasteiger partial charge in [0.05, 0.1) is 13.7 Å². The number of methoxy groups -OCH3 is 1. The van der Waals surface area contributed by atoms with Crippen molar-refractivity contribution < 1.29 is 17.9 Å². The Balaban J connectivity index is 0.00000280. The highest BCUT2D eigenvalue weighted by molar-refractivity contribution is 7.92. The third-order valence-corrected chi connectivity index (χ3v) is 6.84. The lowest BCUT2D eigenvalue weighted by atomic mass is 9.96. The molecule has 28 heavy (non-hydrogen) atoms. The first-order chi connectivity index (χ1) is 12.9. The number of ether oxygens (including phenoxy) is 1. The molecule has 0 spiro atoms. The molecule has 3 N–H and O–H groups in total. The number of aromatic amines is 1. The molecule has 2 aromatic rings. The number of aromatic nitrogens is 3. The first-order valence-corrected chi connectivity index (χ1v) is 10.5. The van der Waals surface area contributed by atoms with Gasteiger partial charge < -0.3 is 15.4 Å². The van der Waals surface area contributed by atoms with Crippen LogP contribution in [-0.4, -0.2) is 60.7 Å². The molecule has 0 atom stereocenters. The Morgan fingerprint density at radius 1 is 1.25 bits per heavy atom. The van der Waals surface area contributed by atoms with Crippen molar-refractivity contribution in [3.05, 3.63) is 30.1 Å². The first-order valence-electron chi connectivity index (χ1n) is 8.60. The van der Waals surface area contributed by atoms with Crippen LogP contribution in [0, 0.1) is 0 Å². The van der Waals surface area contributed by atoms with Gasteiger partial charge in [-0.2, -0.15) is 5.10 Å². The molecule has 0 unspecified atom stereocenters. The van der Waals surface area contributed by atoms with Gasteiger partial charge in [0.2, 0.25) is 5.91 Å². The average molecular weight is 430 g/mol. The number of H-pyrrole nitrogens is 1. The predicted molar refractivity (Wildman–Crippen MR) is 107 cm³/mol. The fraction of sp³-hybridized carbons (Fsp3) is 0.471. The van der Waals surface area contributed by atoms with E-state index in [1.165, 1.54) is 0 Å². The van der Waals surface area contributed by atoms with Gasteiger partial charge in [0.15, 0.2) is 20.4 Å². The number of nitrogens with one attached hydrogen (secondary N) is 3. The number of carbonyl (C=O) groups excluding carboxylic acids is 1. The van der Waals surface area contributed by atoms with Crippen molar-refractivity contribution in [2.45, 2.75) is 24.1 Å². The number of halogens is 1. The topological polar surface area (TPSA) is 126 Å². The number of sulfone groups is 1. The molecule has 9 nitrogen and oxygen atoms in total. The Labute approximate surface area is 170 Å². The van der Waals surface area contributed by atoms with E-state index < -0.39 is 20.5 Å². The summed E-state index contributed by atoms with van der Waals surface area (Å²) in [7, 11) is -1.95. The smallest absolute Gasteiger partial charge is 0.241 e. The normalized spacial score (nSPS) is 16.1. The van der Waals surface area contributed by atoms with Crippen molar-refractivity contribution in [1.29, 1.82) is 0 Å². The monoisotopic (exact) mass is 429 g/mol. The van der Waals surface area contributed by atoms with Crippen LogP contribution in [0.5, 0.6) is 5.75 Å². The maximum atomic E-state index is 12.7. The summed E-state index contributed by atoms with van der Waals surface area (Å²) in [4.78, 5) is 17.0. The molecule has 3 rings (SSSR count). The van der Waals surface area contributed by atoms with E-state index in [0.717, 1.165) is 17.6 Å². The number of carbonyl (C=O) groups is 1. The zero-order valence-corrected chi connectivity index (χ0v) is 17.3. The minimum atomic E-state index is -3.55. The van der Waals surface area contributed by atoms with Crippen LogP contribution in [0.4, 0.5) is 0 Å². The second-order valence-corrected chi connectivity index (χ2v) is 8.86. The summed E-state index contributed by atoms with van der Waals surface area (Å²) in [6.45, 7) is 1.06. The van der Waals surface area contributed by atoms with Crippen LogP contribution in [0.1, 0.15) is 18.7 Å². The SMILES string of the molecule is COc1ccc(-c2n[nH]c(CNC(=O)C3(S(C)(=O)=O)CCNCC3)n2)cc1.Cl. The van der Waals surface area contributed by atoms with Gasteiger partial charge in [-0.15, -0.1) is 12.4 Å². The molecular weight excluding hydrogens is 406 g/mol. The van der Waals surface area contributed by atoms with Crippen LogP contribution in [0.25, 0.3) is 11.4 Å². The number of benzene rings is 1. The average Bonchev–Trinajstić information content (AvgIpc) is 3.15. The summed E-state index contributed by atoms with van der Waals surface area (Å²) in [5.74, 6) is 1.18. The Kier molecular flexibility index (Phi) is 7.02. The standard InChI is InChI=1S/C17H23N5O4S.ClH/c1-26-13-5-3-12(4-6-13)15-20-14(21-22-15)11-19-16(23)17(27(2,24)25)7-9-18-10-8-17;/h3-6,18H,7-11H2,1-2H3,(H,19,23)(H,20,21,22);1H. The van der Waals surface area contributed by atoms with Gasteiger partial charge in [-0.05, 0) is 50.2 Å². The van der Waals surface area contributed by atoms with Gasteiger partial charge in [-0.3, -0.25) is 9.89 Å². The first kappa shape index (κ1) is 22.1. The molecule has 0 aliphatic carbocycles. The van der Waals surface area contributed by atoms with Crippen LogP contribution in [0.3, 0.4) is 0 Å². The van der Waals surface area contributed by atoms with E-state index in [2.05, 4.69) is 25.8 Å². The van der Waals surface area contributed by atoms with Crippen molar-refractivity contribution in [2.24, 2.45) is 0 Å². The highest BCUT2D eigenvalue weighted by atomic mass is 35.5. The van der Waals surface area contributed by atoms with E-state index in [1.54, 1.807) is 19.2 Å².